The van der Waals surface area contributed by atoms with Crippen molar-refractivity contribution in [2.45, 2.75) is 32.2 Å². The summed E-state index contributed by atoms with van der Waals surface area (Å²) < 4.78 is 0. The average Bonchev–Trinajstić information content (AvgIpc) is 2.27. The number of fused-ring (bicyclic) bond motifs is 1. The SMILES string of the molecule is CC(N)CC(C)c1cccc2cnccc12. The third-order valence-electron chi connectivity index (χ3n) is 2.97. The van der Waals surface area contributed by atoms with Crippen LogP contribution in [0, 0.1) is 0 Å². The highest BCUT2D eigenvalue weighted by molar-refractivity contribution is 5.85. The van der Waals surface area contributed by atoms with Crippen LogP contribution in [-0.2, 0) is 0 Å². The fraction of sp³-hybridized carbons (Fsp3) is 0.357. The predicted octanol–water partition coefficient (Wildman–Crippen LogP) is 3.08. The van der Waals surface area contributed by atoms with Gasteiger partial charge in [-0.1, -0.05) is 25.1 Å². The molecule has 0 saturated heterocycles. The Labute approximate surface area is 96.5 Å². The van der Waals surface area contributed by atoms with Crippen LogP contribution in [0.4, 0.5) is 0 Å². The van der Waals surface area contributed by atoms with Crippen LogP contribution in [0.25, 0.3) is 10.8 Å². The van der Waals surface area contributed by atoms with E-state index in [1.54, 1.807) is 0 Å². The van der Waals surface area contributed by atoms with E-state index < -0.39 is 0 Å². The van der Waals surface area contributed by atoms with Gasteiger partial charge in [0.15, 0.2) is 0 Å². The van der Waals surface area contributed by atoms with Gasteiger partial charge in [0.2, 0.25) is 0 Å². The summed E-state index contributed by atoms with van der Waals surface area (Å²) in [4.78, 5) is 4.15. The summed E-state index contributed by atoms with van der Waals surface area (Å²) in [5.74, 6) is 0.492. The standard InChI is InChI=1S/C14H18N2/c1-10(8-11(2)15)13-5-3-4-12-9-16-7-6-14(12)13/h3-7,9-11H,8,15H2,1-2H3. The molecule has 2 rings (SSSR count). The lowest BCUT2D eigenvalue weighted by Crippen LogP contribution is -2.17. The van der Waals surface area contributed by atoms with E-state index in [9.17, 15) is 0 Å². The number of aromatic nitrogens is 1. The minimum absolute atomic E-state index is 0.243. The summed E-state index contributed by atoms with van der Waals surface area (Å²) in [5.41, 5.74) is 7.23. The monoisotopic (exact) mass is 214 g/mol. The molecule has 0 aliphatic heterocycles. The Morgan fingerprint density at radius 2 is 2.06 bits per heavy atom. The topological polar surface area (TPSA) is 38.9 Å². The Morgan fingerprint density at radius 1 is 1.25 bits per heavy atom. The molecule has 2 heteroatoms. The van der Waals surface area contributed by atoms with Gasteiger partial charge < -0.3 is 5.73 Å². The van der Waals surface area contributed by atoms with Crippen molar-refractivity contribution < 1.29 is 0 Å². The van der Waals surface area contributed by atoms with Crippen LogP contribution in [0.15, 0.2) is 36.7 Å². The lowest BCUT2D eigenvalue weighted by molar-refractivity contribution is 0.589. The molecule has 2 aromatic rings. The molecule has 0 aliphatic rings. The molecule has 84 valence electrons. The summed E-state index contributed by atoms with van der Waals surface area (Å²) in [5, 5.41) is 2.50. The molecule has 0 amide bonds. The number of hydrogen-bond acceptors (Lipinski definition) is 2. The van der Waals surface area contributed by atoms with E-state index in [1.165, 1.54) is 16.3 Å². The number of nitrogens with two attached hydrogens (primary N) is 1. The maximum absolute atomic E-state index is 5.86. The van der Waals surface area contributed by atoms with Gasteiger partial charge in [-0.25, -0.2) is 0 Å². The van der Waals surface area contributed by atoms with Crippen molar-refractivity contribution in [3.63, 3.8) is 0 Å². The minimum atomic E-state index is 0.243. The Kier molecular flexibility index (Phi) is 3.20. The van der Waals surface area contributed by atoms with E-state index >= 15 is 0 Å². The third kappa shape index (κ3) is 2.22. The van der Waals surface area contributed by atoms with Crippen LogP contribution in [0.3, 0.4) is 0 Å². The normalized spacial score (nSPS) is 14.9. The second-order valence-electron chi connectivity index (χ2n) is 4.56. The molecule has 0 bridgehead atoms. The zero-order chi connectivity index (χ0) is 11.5. The van der Waals surface area contributed by atoms with Crippen LogP contribution in [0.2, 0.25) is 0 Å². The van der Waals surface area contributed by atoms with Gasteiger partial charge >= 0.3 is 0 Å². The van der Waals surface area contributed by atoms with Crippen LogP contribution >= 0.6 is 0 Å². The second kappa shape index (κ2) is 4.62. The lowest BCUT2D eigenvalue weighted by atomic mass is 9.91. The second-order valence-corrected chi connectivity index (χ2v) is 4.56. The van der Waals surface area contributed by atoms with E-state index in [1.807, 2.05) is 12.4 Å². The van der Waals surface area contributed by atoms with Crippen LogP contribution < -0.4 is 5.73 Å². The van der Waals surface area contributed by atoms with Gasteiger partial charge in [0.1, 0.15) is 0 Å². The highest BCUT2D eigenvalue weighted by Gasteiger charge is 2.10. The molecular weight excluding hydrogens is 196 g/mol. The Morgan fingerprint density at radius 3 is 2.81 bits per heavy atom. The van der Waals surface area contributed by atoms with Gasteiger partial charge in [-0.2, -0.15) is 0 Å². The van der Waals surface area contributed by atoms with Crippen molar-refractivity contribution >= 4 is 10.8 Å². The molecule has 0 fully saturated rings. The first-order valence-electron chi connectivity index (χ1n) is 5.76. The Bertz CT molecular complexity index is 472. The number of rotatable bonds is 3. The summed E-state index contributed by atoms with van der Waals surface area (Å²) in [7, 11) is 0. The molecular formula is C14H18N2. The van der Waals surface area contributed by atoms with E-state index in [-0.39, 0.29) is 6.04 Å². The van der Waals surface area contributed by atoms with Crippen molar-refractivity contribution in [1.82, 2.24) is 4.98 Å². The van der Waals surface area contributed by atoms with Crippen molar-refractivity contribution in [1.29, 1.82) is 0 Å². The fourth-order valence-corrected chi connectivity index (χ4v) is 2.26. The summed E-state index contributed by atoms with van der Waals surface area (Å²) >= 11 is 0. The highest BCUT2D eigenvalue weighted by atomic mass is 14.6. The first kappa shape index (κ1) is 11.1. The zero-order valence-electron chi connectivity index (χ0n) is 9.85. The van der Waals surface area contributed by atoms with Crippen molar-refractivity contribution in [2.75, 3.05) is 0 Å². The van der Waals surface area contributed by atoms with Crippen molar-refractivity contribution in [2.24, 2.45) is 5.73 Å². The van der Waals surface area contributed by atoms with Gasteiger partial charge in [-0.15, -0.1) is 0 Å². The molecule has 2 nitrogen and oxygen atoms in total. The Hall–Kier alpha value is -1.41. The van der Waals surface area contributed by atoms with Crippen LogP contribution in [0.1, 0.15) is 31.7 Å². The molecule has 0 aliphatic carbocycles. The maximum Gasteiger partial charge on any atom is 0.0346 e. The first-order chi connectivity index (χ1) is 7.68. The quantitative estimate of drug-likeness (QED) is 0.852. The van der Waals surface area contributed by atoms with E-state index in [2.05, 4.69) is 43.1 Å². The van der Waals surface area contributed by atoms with E-state index in [4.69, 9.17) is 5.73 Å². The van der Waals surface area contributed by atoms with E-state index in [0.29, 0.717) is 5.92 Å². The number of pyridine rings is 1. The van der Waals surface area contributed by atoms with Gasteiger partial charge in [0.25, 0.3) is 0 Å². The molecule has 1 aromatic carbocycles. The first-order valence-corrected chi connectivity index (χ1v) is 5.76. The number of benzene rings is 1. The predicted molar refractivity (Wildman–Crippen MR) is 68.4 cm³/mol. The molecule has 2 N–H and O–H groups in total. The molecule has 2 atom stereocenters. The zero-order valence-corrected chi connectivity index (χ0v) is 9.85. The molecule has 1 aromatic heterocycles. The fourth-order valence-electron chi connectivity index (χ4n) is 2.26. The molecule has 0 spiro atoms. The largest absolute Gasteiger partial charge is 0.328 e. The minimum Gasteiger partial charge on any atom is -0.328 e. The Balaban J connectivity index is 2.44. The average molecular weight is 214 g/mol. The summed E-state index contributed by atoms with van der Waals surface area (Å²) in [6.07, 6.45) is 4.78. The number of hydrogen-bond donors (Lipinski definition) is 1. The van der Waals surface area contributed by atoms with Gasteiger partial charge in [0, 0.05) is 23.8 Å². The molecule has 0 saturated carbocycles. The molecule has 1 heterocycles. The van der Waals surface area contributed by atoms with Gasteiger partial charge in [-0.05, 0) is 36.3 Å². The maximum atomic E-state index is 5.86. The third-order valence-corrected chi connectivity index (χ3v) is 2.97. The van der Waals surface area contributed by atoms with Gasteiger partial charge in [0.05, 0.1) is 0 Å². The van der Waals surface area contributed by atoms with Crippen LogP contribution in [-0.4, -0.2) is 11.0 Å². The summed E-state index contributed by atoms with van der Waals surface area (Å²) in [6, 6.07) is 8.71. The lowest BCUT2D eigenvalue weighted by Gasteiger charge is -2.16. The van der Waals surface area contributed by atoms with Gasteiger partial charge in [-0.3, -0.25) is 4.98 Å². The molecule has 16 heavy (non-hydrogen) atoms. The van der Waals surface area contributed by atoms with Crippen LogP contribution in [0.5, 0.6) is 0 Å². The smallest absolute Gasteiger partial charge is 0.0346 e. The van der Waals surface area contributed by atoms with Crippen molar-refractivity contribution in [3.05, 3.63) is 42.2 Å². The van der Waals surface area contributed by atoms with E-state index in [0.717, 1.165) is 6.42 Å². The number of nitrogens with zero attached hydrogens (tertiary/aromatic N) is 1. The highest BCUT2D eigenvalue weighted by Crippen LogP contribution is 2.27. The summed E-state index contributed by atoms with van der Waals surface area (Å²) in [6.45, 7) is 4.29. The van der Waals surface area contributed by atoms with Crippen molar-refractivity contribution in [3.8, 4) is 0 Å². The molecule has 2 unspecified atom stereocenters. The molecule has 0 radical (unpaired) electrons.